The SMILES string of the molecule is CCCCCCCCC(CCCC(Cc1ccccc1N)C(C)C)C(C)C.CCCCCCCCCCNC(=O)N(NC)C(N)=O.N.N. The van der Waals surface area contributed by atoms with Crippen molar-refractivity contribution in [3.05, 3.63) is 29.8 Å². The van der Waals surface area contributed by atoms with Gasteiger partial charge in [0.15, 0.2) is 0 Å². The summed E-state index contributed by atoms with van der Waals surface area (Å²) in [7, 11) is 1.47. The summed E-state index contributed by atoms with van der Waals surface area (Å²) in [5, 5.41) is 3.40. The van der Waals surface area contributed by atoms with Crippen LogP contribution in [0.3, 0.4) is 0 Å². The number of carbonyl (C=O) groups excluding carboxylic acids is 2. The molecule has 9 nitrogen and oxygen atoms in total. The van der Waals surface area contributed by atoms with Gasteiger partial charge in [0.1, 0.15) is 0 Å². The molecule has 12 N–H and O–H groups in total. The van der Waals surface area contributed by atoms with Crippen molar-refractivity contribution < 1.29 is 9.59 Å². The van der Waals surface area contributed by atoms with E-state index in [1.165, 1.54) is 115 Å². The Bertz CT molecular complexity index is 882. The van der Waals surface area contributed by atoms with Gasteiger partial charge < -0.3 is 29.1 Å². The minimum atomic E-state index is -0.809. The average molecular weight is 680 g/mol. The monoisotopic (exact) mass is 680 g/mol. The van der Waals surface area contributed by atoms with Crippen LogP contribution < -0.4 is 34.5 Å². The molecule has 284 valence electrons. The molecule has 2 unspecified atom stereocenters. The van der Waals surface area contributed by atoms with E-state index >= 15 is 0 Å². The molecule has 48 heavy (non-hydrogen) atoms. The van der Waals surface area contributed by atoms with E-state index in [9.17, 15) is 9.59 Å². The first-order valence-electron chi connectivity index (χ1n) is 19.0. The molecule has 0 aliphatic heterocycles. The number of benzene rings is 1. The van der Waals surface area contributed by atoms with E-state index in [1.54, 1.807) is 0 Å². The lowest BCUT2D eigenvalue weighted by Gasteiger charge is -2.25. The van der Waals surface area contributed by atoms with Crippen molar-refractivity contribution >= 4 is 17.7 Å². The zero-order valence-corrected chi connectivity index (χ0v) is 32.6. The van der Waals surface area contributed by atoms with Gasteiger partial charge >= 0.3 is 12.1 Å². The Morgan fingerprint density at radius 3 is 1.62 bits per heavy atom. The van der Waals surface area contributed by atoms with Crippen LogP contribution in [0.1, 0.15) is 163 Å². The predicted octanol–water partition coefficient (Wildman–Crippen LogP) is 11.0. The average Bonchev–Trinajstić information content (AvgIpc) is 3.01. The number of amides is 4. The lowest BCUT2D eigenvalue weighted by atomic mass is 9.81. The van der Waals surface area contributed by atoms with Crippen molar-refractivity contribution in [1.82, 2.24) is 28.1 Å². The smallest absolute Gasteiger partial charge is 0.340 e. The molecule has 0 radical (unpaired) electrons. The second-order valence-corrected chi connectivity index (χ2v) is 14.0. The van der Waals surface area contributed by atoms with Gasteiger partial charge in [-0.2, -0.15) is 5.01 Å². The number of para-hydroxylation sites is 1. The zero-order valence-electron chi connectivity index (χ0n) is 32.6. The molecule has 0 aliphatic carbocycles. The van der Waals surface area contributed by atoms with E-state index in [0.717, 1.165) is 53.6 Å². The minimum absolute atomic E-state index is 0. The van der Waals surface area contributed by atoms with Crippen LogP contribution >= 0.6 is 0 Å². The Labute approximate surface area is 297 Å². The van der Waals surface area contributed by atoms with E-state index < -0.39 is 12.1 Å². The molecule has 1 aromatic carbocycles. The molecule has 0 saturated carbocycles. The largest absolute Gasteiger partial charge is 0.399 e. The lowest BCUT2D eigenvalue weighted by molar-refractivity contribution is 0.177. The first kappa shape index (κ1) is 50.0. The molecular formula is C39H81N7O2. The Kier molecular flexibility index (Phi) is 34.5. The van der Waals surface area contributed by atoms with Crippen molar-refractivity contribution in [2.24, 2.45) is 29.4 Å². The number of hydrogen-bond donors (Lipinski definition) is 6. The fourth-order valence-corrected chi connectivity index (χ4v) is 6.16. The quantitative estimate of drug-likeness (QED) is 0.0339. The predicted molar refractivity (Wildman–Crippen MR) is 210 cm³/mol. The summed E-state index contributed by atoms with van der Waals surface area (Å²) in [5.74, 6) is 3.20. The summed E-state index contributed by atoms with van der Waals surface area (Å²) >= 11 is 0. The maximum absolute atomic E-state index is 11.5. The number of nitrogens with zero attached hydrogens (tertiary/aromatic N) is 1. The van der Waals surface area contributed by atoms with Gasteiger partial charge in [-0.05, 0) is 54.6 Å². The fraction of sp³-hybridized carbons (Fsp3) is 0.795. The number of rotatable bonds is 25. The number of unbranched alkanes of at least 4 members (excludes halogenated alkanes) is 12. The van der Waals surface area contributed by atoms with Gasteiger partial charge in [0.25, 0.3) is 0 Å². The van der Waals surface area contributed by atoms with Gasteiger partial charge in [0, 0.05) is 19.3 Å². The van der Waals surface area contributed by atoms with Gasteiger partial charge in [0.2, 0.25) is 0 Å². The Morgan fingerprint density at radius 1 is 0.688 bits per heavy atom. The number of nitrogen functional groups attached to an aromatic ring is 1. The van der Waals surface area contributed by atoms with Crippen LogP contribution in [0.4, 0.5) is 15.3 Å². The third kappa shape index (κ3) is 25.6. The van der Waals surface area contributed by atoms with Crippen LogP contribution in [0.25, 0.3) is 0 Å². The first-order valence-corrected chi connectivity index (χ1v) is 19.0. The van der Waals surface area contributed by atoms with Crippen molar-refractivity contribution in [1.29, 1.82) is 0 Å². The van der Waals surface area contributed by atoms with Crippen LogP contribution in [-0.4, -0.2) is 30.7 Å². The van der Waals surface area contributed by atoms with Crippen LogP contribution in [0.5, 0.6) is 0 Å². The van der Waals surface area contributed by atoms with E-state index in [2.05, 4.69) is 64.4 Å². The zero-order chi connectivity index (χ0) is 34.6. The number of primary amides is 1. The van der Waals surface area contributed by atoms with Crippen molar-refractivity contribution in [3.63, 3.8) is 0 Å². The standard InChI is InChI=1S/C26H47N.C13H28N4O2.2H3N/c1-6-7-8-9-10-11-15-23(21(2)3)17-14-18-24(22(4)5)20-25-16-12-13-19-26(25)27;1-3-4-5-6-7-8-9-10-11-16-13(19)17(15-2)12(14)18;;/h12-13,16,19,21-24H,6-11,14-15,17-18,20,27H2,1-5H3;15H,3-11H2,1-2H3,(H2,14,18)(H,16,19);2*1H3. The highest BCUT2D eigenvalue weighted by molar-refractivity contribution is 5.91. The van der Waals surface area contributed by atoms with Crippen molar-refractivity contribution in [2.45, 2.75) is 164 Å². The fourth-order valence-electron chi connectivity index (χ4n) is 6.16. The third-order valence-corrected chi connectivity index (χ3v) is 9.45. The molecular weight excluding hydrogens is 598 g/mol. The topological polar surface area (TPSA) is 183 Å². The Hall–Kier alpha value is -2.36. The third-order valence-electron chi connectivity index (χ3n) is 9.45. The highest BCUT2D eigenvalue weighted by Gasteiger charge is 2.18. The summed E-state index contributed by atoms with van der Waals surface area (Å²) in [6, 6.07) is 7.10. The second kappa shape index (κ2) is 33.2. The molecule has 0 spiro atoms. The minimum Gasteiger partial charge on any atom is -0.399 e. The summed E-state index contributed by atoms with van der Waals surface area (Å²) in [4.78, 5) is 22.3. The van der Waals surface area contributed by atoms with E-state index in [0.29, 0.717) is 6.54 Å². The molecule has 0 fully saturated rings. The van der Waals surface area contributed by atoms with Gasteiger partial charge in [-0.15, -0.1) is 0 Å². The van der Waals surface area contributed by atoms with Crippen LogP contribution in [-0.2, 0) is 6.42 Å². The van der Waals surface area contributed by atoms with Gasteiger partial charge in [-0.25, -0.2) is 15.0 Å². The number of hydrogen-bond acceptors (Lipinski definition) is 6. The molecule has 1 aromatic rings. The van der Waals surface area contributed by atoms with Crippen LogP contribution in [0, 0.1) is 23.7 Å². The maximum atomic E-state index is 11.5. The number of anilines is 1. The molecule has 1 rings (SSSR count). The number of nitrogens with two attached hydrogens (primary N) is 2. The van der Waals surface area contributed by atoms with Gasteiger partial charge in [-0.3, -0.25) is 0 Å². The van der Waals surface area contributed by atoms with Gasteiger partial charge in [-0.1, -0.05) is 162 Å². The van der Waals surface area contributed by atoms with E-state index in [4.69, 9.17) is 11.5 Å². The first-order chi connectivity index (χ1) is 22.1. The summed E-state index contributed by atoms with van der Waals surface area (Å²) in [5.41, 5.74) is 15.9. The van der Waals surface area contributed by atoms with Crippen LogP contribution in [0.2, 0.25) is 0 Å². The molecule has 0 aliphatic rings. The molecule has 0 heterocycles. The number of nitrogens with one attached hydrogen (secondary N) is 2. The molecule has 2 atom stereocenters. The highest BCUT2D eigenvalue weighted by Crippen LogP contribution is 2.29. The summed E-state index contributed by atoms with van der Waals surface area (Å²) < 4.78 is 0. The lowest BCUT2D eigenvalue weighted by Crippen LogP contribution is -2.52. The summed E-state index contributed by atoms with van der Waals surface area (Å²) in [6.07, 6.45) is 24.9. The summed E-state index contributed by atoms with van der Waals surface area (Å²) in [6.45, 7) is 14.7. The van der Waals surface area contributed by atoms with Crippen molar-refractivity contribution in [2.75, 3.05) is 19.3 Å². The van der Waals surface area contributed by atoms with E-state index in [1.807, 2.05) is 12.1 Å². The molecule has 0 saturated heterocycles. The normalized spacial score (nSPS) is 11.9. The maximum Gasteiger partial charge on any atom is 0.340 e. The van der Waals surface area contributed by atoms with Crippen LogP contribution in [0.15, 0.2) is 24.3 Å². The number of urea groups is 2. The number of carbonyl (C=O) groups is 2. The molecule has 9 heteroatoms. The second-order valence-electron chi connectivity index (χ2n) is 14.0. The Morgan fingerprint density at radius 2 is 1.15 bits per heavy atom. The number of imide groups is 1. The van der Waals surface area contributed by atoms with Crippen molar-refractivity contribution in [3.8, 4) is 0 Å². The van der Waals surface area contributed by atoms with E-state index in [-0.39, 0.29) is 12.3 Å². The number of hydrazine groups is 1. The molecule has 4 amide bonds. The molecule has 0 bridgehead atoms. The molecule has 0 aromatic heterocycles. The highest BCUT2D eigenvalue weighted by atomic mass is 16.2. The van der Waals surface area contributed by atoms with Gasteiger partial charge in [0.05, 0.1) is 0 Å². The Balaban J connectivity index is -0.000000858.